The first-order chi connectivity index (χ1) is 19.4. The van der Waals surface area contributed by atoms with Crippen molar-refractivity contribution in [2.45, 2.75) is 80.8 Å². The van der Waals surface area contributed by atoms with Crippen molar-refractivity contribution in [2.24, 2.45) is 5.41 Å². The van der Waals surface area contributed by atoms with Crippen LogP contribution in [-0.2, 0) is 24.3 Å². The summed E-state index contributed by atoms with van der Waals surface area (Å²) in [4.78, 5) is 28.5. The molecule has 0 unspecified atom stereocenters. The number of nitrogens with zero attached hydrogens (tertiary/aromatic N) is 4. The first-order valence-corrected chi connectivity index (χ1v) is 14.4. The van der Waals surface area contributed by atoms with Crippen molar-refractivity contribution in [3.63, 3.8) is 0 Å². The fourth-order valence-corrected chi connectivity index (χ4v) is 6.46. The number of carbonyl (C=O) groups is 2. The lowest BCUT2D eigenvalue weighted by Crippen LogP contribution is -2.37. The number of aryl methyl sites for hydroxylation is 4. The lowest BCUT2D eigenvalue weighted by atomic mass is 9.69. The van der Waals surface area contributed by atoms with Crippen molar-refractivity contribution >= 4 is 22.9 Å². The van der Waals surface area contributed by atoms with Crippen LogP contribution < -0.4 is 0 Å². The number of amides is 1. The highest BCUT2D eigenvalue weighted by atomic mass is 16.4. The molecule has 0 radical (unpaired) electrons. The number of fused-ring (bicyclic) bond motifs is 2. The van der Waals surface area contributed by atoms with Gasteiger partial charge in [-0.2, -0.15) is 0 Å². The van der Waals surface area contributed by atoms with Gasteiger partial charge >= 0.3 is 5.97 Å². The molecule has 1 amide bonds. The molecule has 2 heterocycles. The predicted molar refractivity (Wildman–Crippen MR) is 161 cm³/mol. The summed E-state index contributed by atoms with van der Waals surface area (Å²) in [6, 6.07) is 12.5. The van der Waals surface area contributed by atoms with E-state index in [4.69, 9.17) is 0 Å². The first-order valence-electron chi connectivity index (χ1n) is 14.4. The second-order valence-corrected chi connectivity index (χ2v) is 12.2. The summed E-state index contributed by atoms with van der Waals surface area (Å²) >= 11 is 0. The van der Waals surface area contributed by atoms with E-state index in [1.807, 2.05) is 49.4 Å². The number of aliphatic carboxylic acids is 1. The Labute approximate surface area is 242 Å². The number of hydrogen-bond donors (Lipinski definition) is 1. The van der Waals surface area contributed by atoms with Crippen LogP contribution in [0.1, 0.15) is 87.1 Å². The smallest absolute Gasteiger partial charge is 0.310 e. The van der Waals surface area contributed by atoms with E-state index >= 15 is 0 Å². The maximum atomic E-state index is 13.9. The van der Waals surface area contributed by atoms with E-state index in [0.29, 0.717) is 19.6 Å². The van der Waals surface area contributed by atoms with Gasteiger partial charge < -0.3 is 10.0 Å². The van der Waals surface area contributed by atoms with Crippen LogP contribution in [0.2, 0.25) is 0 Å². The third kappa shape index (κ3) is 4.71. The fraction of sp³-hybridized carbons (Fsp3) is 0.412. The SMILES string of the molecule is CCn1nnc2c(C)c([C@H](c3ccc4c(c3)CN(C(=O)c3c(C)c(C)cc(C)c3C)CC4)C(C)(C)C(=O)O)ccc21. The zero-order valence-corrected chi connectivity index (χ0v) is 25.4. The van der Waals surface area contributed by atoms with Gasteiger partial charge in [-0.3, -0.25) is 9.59 Å². The molecule has 0 aliphatic carbocycles. The van der Waals surface area contributed by atoms with Crippen LogP contribution in [0.25, 0.3) is 11.0 Å². The van der Waals surface area contributed by atoms with Crippen molar-refractivity contribution in [1.82, 2.24) is 19.9 Å². The fourth-order valence-electron chi connectivity index (χ4n) is 6.46. The summed E-state index contributed by atoms with van der Waals surface area (Å²) in [6.45, 7) is 17.6. The van der Waals surface area contributed by atoms with E-state index in [1.54, 1.807) is 13.8 Å². The molecule has 4 aromatic rings. The van der Waals surface area contributed by atoms with Gasteiger partial charge in [-0.15, -0.1) is 5.10 Å². The second kappa shape index (κ2) is 10.4. The molecule has 0 saturated carbocycles. The van der Waals surface area contributed by atoms with Gasteiger partial charge in [-0.05, 0) is 118 Å². The van der Waals surface area contributed by atoms with Gasteiger partial charge in [0.05, 0.1) is 10.9 Å². The molecular weight excluding hydrogens is 512 g/mol. The first kappa shape index (κ1) is 28.5. The van der Waals surface area contributed by atoms with E-state index in [9.17, 15) is 14.7 Å². The molecule has 1 N–H and O–H groups in total. The number of hydrogen-bond acceptors (Lipinski definition) is 4. The summed E-state index contributed by atoms with van der Waals surface area (Å²) in [7, 11) is 0. The normalized spacial score (nSPS) is 14.3. The van der Waals surface area contributed by atoms with E-state index in [-0.39, 0.29) is 5.91 Å². The van der Waals surface area contributed by atoms with Gasteiger partial charge in [-0.25, -0.2) is 4.68 Å². The Kier molecular flexibility index (Phi) is 7.26. The number of carboxylic acid groups (broad SMARTS) is 1. The van der Waals surface area contributed by atoms with Crippen molar-refractivity contribution in [2.75, 3.05) is 6.54 Å². The number of carbonyl (C=O) groups excluding carboxylic acids is 1. The molecule has 7 heteroatoms. The van der Waals surface area contributed by atoms with Gasteiger partial charge in [0.15, 0.2) is 0 Å². The van der Waals surface area contributed by atoms with Crippen molar-refractivity contribution < 1.29 is 14.7 Å². The third-order valence-corrected chi connectivity index (χ3v) is 9.31. The number of rotatable bonds is 6. The van der Waals surface area contributed by atoms with Crippen LogP contribution >= 0.6 is 0 Å². The standard InChI is InChI=1S/C34H40N4O3/c1-9-38-28-13-12-27(23(6)31(28)35-36-38)30(34(7,8)33(40)41)25-11-10-24-14-15-37(18-26(24)17-25)32(39)29-21(4)19(2)16-20(3)22(29)5/h10-13,16-17,30H,9,14-15,18H2,1-8H3,(H,40,41)/t30-/m0/s1. The summed E-state index contributed by atoms with van der Waals surface area (Å²) < 4.78 is 1.85. The average Bonchev–Trinajstić information content (AvgIpc) is 3.37. The Morgan fingerprint density at radius 1 is 0.951 bits per heavy atom. The molecule has 41 heavy (non-hydrogen) atoms. The molecule has 1 aromatic heterocycles. The number of carboxylic acids is 1. The molecule has 3 aromatic carbocycles. The van der Waals surface area contributed by atoms with Gasteiger partial charge in [-0.1, -0.05) is 35.5 Å². The highest BCUT2D eigenvalue weighted by Gasteiger charge is 2.40. The molecule has 1 aliphatic heterocycles. The molecule has 0 spiro atoms. The second-order valence-electron chi connectivity index (χ2n) is 12.2. The van der Waals surface area contributed by atoms with Crippen LogP contribution in [0.5, 0.6) is 0 Å². The molecule has 5 rings (SSSR count). The molecule has 214 valence electrons. The molecule has 7 nitrogen and oxygen atoms in total. The average molecular weight is 553 g/mol. The number of benzene rings is 3. The topological polar surface area (TPSA) is 88.3 Å². The van der Waals surface area contributed by atoms with Crippen molar-refractivity contribution in [3.05, 3.63) is 92.0 Å². The van der Waals surface area contributed by atoms with Crippen LogP contribution in [0.3, 0.4) is 0 Å². The number of aromatic nitrogens is 3. The van der Waals surface area contributed by atoms with Crippen LogP contribution in [0.15, 0.2) is 36.4 Å². The minimum atomic E-state index is -1.09. The van der Waals surface area contributed by atoms with Gasteiger partial charge in [0, 0.05) is 31.1 Å². The lowest BCUT2D eigenvalue weighted by Gasteiger charge is -2.35. The molecule has 1 aliphatic rings. The van der Waals surface area contributed by atoms with E-state index in [0.717, 1.165) is 67.5 Å². The largest absolute Gasteiger partial charge is 0.481 e. The van der Waals surface area contributed by atoms with Crippen LogP contribution in [-0.4, -0.2) is 43.4 Å². The Hall–Kier alpha value is -4.00. The summed E-state index contributed by atoms with van der Waals surface area (Å²) in [5.41, 5.74) is 10.8. The highest BCUT2D eigenvalue weighted by molar-refractivity contribution is 5.98. The van der Waals surface area contributed by atoms with Gasteiger partial charge in [0.2, 0.25) is 0 Å². The molecule has 1 atom stereocenters. The third-order valence-electron chi connectivity index (χ3n) is 9.31. The van der Waals surface area contributed by atoms with E-state index in [2.05, 4.69) is 48.4 Å². The molecule has 0 bridgehead atoms. The Morgan fingerprint density at radius 2 is 1.63 bits per heavy atom. The van der Waals surface area contributed by atoms with Crippen LogP contribution in [0, 0.1) is 40.0 Å². The monoisotopic (exact) mass is 552 g/mol. The Balaban J connectivity index is 1.58. The van der Waals surface area contributed by atoms with E-state index in [1.165, 1.54) is 5.56 Å². The van der Waals surface area contributed by atoms with Gasteiger partial charge in [0.25, 0.3) is 5.91 Å². The zero-order chi connectivity index (χ0) is 29.8. The zero-order valence-electron chi connectivity index (χ0n) is 25.4. The Morgan fingerprint density at radius 3 is 2.27 bits per heavy atom. The van der Waals surface area contributed by atoms with Crippen LogP contribution in [0.4, 0.5) is 0 Å². The predicted octanol–water partition coefficient (Wildman–Crippen LogP) is 6.43. The summed E-state index contributed by atoms with van der Waals surface area (Å²) in [6.07, 6.45) is 0.766. The minimum Gasteiger partial charge on any atom is -0.481 e. The molecule has 0 saturated heterocycles. The van der Waals surface area contributed by atoms with Crippen molar-refractivity contribution in [3.8, 4) is 0 Å². The van der Waals surface area contributed by atoms with Gasteiger partial charge in [0.1, 0.15) is 5.52 Å². The Bertz CT molecular complexity index is 1670. The maximum Gasteiger partial charge on any atom is 0.310 e. The van der Waals surface area contributed by atoms with E-state index < -0.39 is 17.3 Å². The maximum absolute atomic E-state index is 13.9. The summed E-state index contributed by atoms with van der Waals surface area (Å²) in [5.74, 6) is -1.23. The van der Waals surface area contributed by atoms with Crippen molar-refractivity contribution in [1.29, 1.82) is 0 Å². The minimum absolute atomic E-state index is 0.0607. The quantitative estimate of drug-likeness (QED) is 0.298. The molecule has 0 fully saturated rings. The lowest BCUT2D eigenvalue weighted by molar-refractivity contribution is -0.147. The summed E-state index contributed by atoms with van der Waals surface area (Å²) in [5, 5.41) is 19.1. The molecular formula is C34H40N4O3. The highest BCUT2D eigenvalue weighted by Crippen LogP contribution is 2.44.